The summed E-state index contributed by atoms with van der Waals surface area (Å²) < 4.78 is 0. The normalized spacial score (nSPS) is 16.6. The fourth-order valence-electron chi connectivity index (χ4n) is 3.89. The van der Waals surface area contributed by atoms with Crippen LogP contribution >= 0.6 is 11.6 Å². The highest BCUT2D eigenvalue weighted by Crippen LogP contribution is 2.24. The molecule has 0 aliphatic carbocycles. The molecule has 0 amide bonds. The molecule has 1 aromatic heterocycles. The number of para-hydroxylation sites is 1. The molecule has 0 radical (unpaired) electrons. The van der Waals surface area contributed by atoms with Gasteiger partial charge in [0.25, 0.3) is 5.56 Å². The molecule has 0 saturated carbocycles. The second kappa shape index (κ2) is 7.33. The molecule has 1 aliphatic rings. The molecule has 140 valence electrons. The Balaban J connectivity index is 1.51. The second-order valence-electron chi connectivity index (χ2n) is 7.27. The molecule has 3 aromatic rings. The fourth-order valence-corrected chi connectivity index (χ4v) is 4.06. The van der Waals surface area contributed by atoms with Gasteiger partial charge in [0, 0.05) is 10.7 Å². The number of nitrogens with zero attached hydrogens (tertiary/aromatic N) is 2. The van der Waals surface area contributed by atoms with Crippen molar-refractivity contribution in [1.82, 2.24) is 9.97 Å². The maximum absolute atomic E-state index is 12.4. The topological polar surface area (TPSA) is 53.4 Å². The SMILES string of the molecule is Cc1ccc(Cl)cc1N1CC[NH+]([C@H](C)c2nc3ccccc3c(=O)[nH]2)CC1. The highest BCUT2D eigenvalue weighted by molar-refractivity contribution is 6.30. The minimum atomic E-state index is -0.0601. The smallest absolute Gasteiger partial charge is 0.258 e. The first-order valence-corrected chi connectivity index (χ1v) is 9.75. The Hall–Kier alpha value is -2.37. The predicted octanol–water partition coefficient (Wildman–Crippen LogP) is 2.35. The number of rotatable bonds is 3. The van der Waals surface area contributed by atoms with Gasteiger partial charge in [0.2, 0.25) is 0 Å². The van der Waals surface area contributed by atoms with E-state index in [4.69, 9.17) is 16.6 Å². The van der Waals surface area contributed by atoms with Gasteiger partial charge >= 0.3 is 0 Å². The average molecular weight is 384 g/mol. The number of aryl methyl sites for hydroxylation is 1. The molecule has 1 aliphatic heterocycles. The van der Waals surface area contributed by atoms with Gasteiger partial charge in [-0.2, -0.15) is 0 Å². The van der Waals surface area contributed by atoms with Gasteiger partial charge in [-0.15, -0.1) is 0 Å². The number of H-pyrrole nitrogens is 1. The number of anilines is 1. The van der Waals surface area contributed by atoms with E-state index in [0.717, 1.165) is 42.5 Å². The third kappa shape index (κ3) is 3.57. The molecule has 1 fully saturated rings. The van der Waals surface area contributed by atoms with Crippen molar-refractivity contribution in [3.8, 4) is 0 Å². The van der Waals surface area contributed by atoms with E-state index in [1.54, 1.807) is 0 Å². The highest BCUT2D eigenvalue weighted by atomic mass is 35.5. The zero-order valence-electron chi connectivity index (χ0n) is 15.6. The Morgan fingerprint density at radius 1 is 1.19 bits per heavy atom. The van der Waals surface area contributed by atoms with Gasteiger partial charge in [-0.3, -0.25) is 4.79 Å². The van der Waals surface area contributed by atoms with E-state index in [1.165, 1.54) is 16.2 Å². The van der Waals surface area contributed by atoms with Crippen molar-refractivity contribution in [3.05, 3.63) is 69.2 Å². The van der Waals surface area contributed by atoms with Crippen molar-refractivity contribution >= 4 is 28.2 Å². The maximum atomic E-state index is 12.4. The van der Waals surface area contributed by atoms with Crippen LogP contribution in [0.3, 0.4) is 0 Å². The zero-order valence-corrected chi connectivity index (χ0v) is 16.4. The van der Waals surface area contributed by atoms with Crippen molar-refractivity contribution in [1.29, 1.82) is 0 Å². The maximum Gasteiger partial charge on any atom is 0.258 e. The largest absolute Gasteiger partial charge is 0.360 e. The summed E-state index contributed by atoms with van der Waals surface area (Å²) in [4.78, 5) is 23.9. The molecular weight excluding hydrogens is 360 g/mol. The van der Waals surface area contributed by atoms with Crippen molar-refractivity contribution < 1.29 is 4.90 Å². The fraction of sp³-hybridized carbons (Fsp3) is 0.333. The summed E-state index contributed by atoms with van der Waals surface area (Å²) >= 11 is 6.18. The molecule has 0 bridgehead atoms. The molecule has 1 atom stereocenters. The summed E-state index contributed by atoms with van der Waals surface area (Å²) in [6, 6.07) is 13.7. The molecule has 5 nitrogen and oxygen atoms in total. The van der Waals surface area contributed by atoms with Crippen LogP contribution in [0.2, 0.25) is 5.02 Å². The number of benzene rings is 2. The lowest BCUT2D eigenvalue weighted by atomic mass is 10.1. The number of fused-ring (bicyclic) bond motifs is 1. The third-order valence-corrected chi connectivity index (χ3v) is 5.81. The lowest BCUT2D eigenvalue weighted by Crippen LogP contribution is -3.14. The van der Waals surface area contributed by atoms with E-state index in [1.807, 2.05) is 36.4 Å². The number of nitrogens with one attached hydrogen (secondary N) is 2. The molecule has 1 saturated heterocycles. The minimum Gasteiger partial charge on any atom is -0.360 e. The van der Waals surface area contributed by atoms with Crippen LogP contribution in [0.5, 0.6) is 0 Å². The predicted molar refractivity (Wildman–Crippen MR) is 110 cm³/mol. The molecule has 4 rings (SSSR count). The minimum absolute atomic E-state index is 0.0601. The van der Waals surface area contributed by atoms with Gasteiger partial charge in [-0.25, -0.2) is 4.98 Å². The molecule has 2 heterocycles. The van der Waals surface area contributed by atoms with E-state index >= 15 is 0 Å². The van der Waals surface area contributed by atoms with Crippen LogP contribution in [0.1, 0.15) is 24.4 Å². The zero-order chi connectivity index (χ0) is 19.0. The number of hydrogen-bond donors (Lipinski definition) is 2. The number of quaternary nitrogens is 1. The number of aromatic amines is 1. The van der Waals surface area contributed by atoms with Crippen molar-refractivity contribution in [2.45, 2.75) is 19.9 Å². The van der Waals surface area contributed by atoms with Gasteiger partial charge in [0.1, 0.15) is 6.04 Å². The Morgan fingerprint density at radius 3 is 2.70 bits per heavy atom. The van der Waals surface area contributed by atoms with Crippen LogP contribution in [0.25, 0.3) is 10.9 Å². The Bertz CT molecular complexity index is 1020. The van der Waals surface area contributed by atoms with E-state index in [-0.39, 0.29) is 11.6 Å². The first-order chi connectivity index (χ1) is 13.0. The Kier molecular flexibility index (Phi) is 4.89. The van der Waals surface area contributed by atoms with Crippen LogP contribution in [0.15, 0.2) is 47.3 Å². The number of halogens is 1. The van der Waals surface area contributed by atoms with Gasteiger partial charge in [0.05, 0.1) is 37.1 Å². The highest BCUT2D eigenvalue weighted by Gasteiger charge is 2.28. The molecule has 2 aromatic carbocycles. The summed E-state index contributed by atoms with van der Waals surface area (Å²) in [7, 11) is 0. The molecule has 2 N–H and O–H groups in total. The van der Waals surface area contributed by atoms with E-state index in [9.17, 15) is 4.79 Å². The van der Waals surface area contributed by atoms with Crippen LogP contribution in [0.4, 0.5) is 5.69 Å². The van der Waals surface area contributed by atoms with Gasteiger partial charge in [0.15, 0.2) is 5.82 Å². The van der Waals surface area contributed by atoms with Crippen molar-refractivity contribution in [2.75, 3.05) is 31.1 Å². The van der Waals surface area contributed by atoms with Crippen LogP contribution in [-0.2, 0) is 0 Å². The third-order valence-electron chi connectivity index (χ3n) is 5.57. The van der Waals surface area contributed by atoms with E-state index < -0.39 is 0 Å². The van der Waals surface area contributed by atoms with Crippen molar-refractivity contribution in [2.24, 2.45) is 0 Å². The molecule has 0 unspecified atom stereocenters. The standard InChI is InChI=1S/C21H23ClN4O/c1-14-7-8-16(22)13-19(14)26-11-9-25(10-12-26)15(2)20-23-18-6-4-3-5-17(18)21(27)24-20/h3-8,13,15H,9-12H2,1-2H3,(H,23,24,27)/p+1/t15-/m1/s1. The van der Waals surface area contributed by atoms with E-state index in [0.29, 0.717) is 5.39 Å². The summed E-state index contributed by atoms with van der Waals surface area (Å²) in [6.45, 7) is 8.16. The summed E-state index contributed by atoms with van der Waals surface area (Å²) in [5, 5.41) is 1.42. The van der Waals surface area contributed by atoms with Crippen LogP contribution in [-0.4, -0.2) is 36.1 Å². The van der Waals surface area contributed by atoms with Crippen LogP contribution in [0, 0.1) is 6.92 Å². The molecule has 0 spiro atoms. The molecule has 6 heteroatoms. The Labute approximate surface area is 163 Å². The first kappa shape index (κ1) is 18.0. The summed E-state index contributed by atoms with van der Waals surface area (Å²) in [6.07, 6.45) is 0. The summed E-state index contributed by atoms with van der Waals surface area (Å²) in [5.74, 6) is 0.765. The summed E-state index contributed by atoms with van der Waals surface area (Å²) in [5.41, 5.74) is 3.16. The number of piperazine rings is 1. The lowest BCUT2D eigenvalue weighted by molar-refractivity contribution is -0.930. The average Bonchev–Trinajstić information content (AvgIpc) is 2.69. The number of aromatic nitrogens is 2. The van der Waals surface area contributed by atoms with Gasteiger partial charge < -0.3 is 14.8 Å². The molecular formula is C21H24ClN4O+. The quantitative estimate of drug-likeness (QED) is 0.730. The first-order valence-electron chi connectivity index (χ1n) is 9.37. The second-order valence-corrected chi connectivity index (χ2v) is 7.70. The number of hydrogen-bond acceptors (Lipinski definition) is 3. The van der Waals surface area contributed by atoms with Gasteiger partial charge in [-0.1, -0.05) is 29.8 Å². The lowest BCUT2D eigenvalue weighted by Gasteiger charge is -2.36. The van der Waals surface area contributed by atoms with Gasteiger partial charge in [-0.05, 0) is 43.7 Å². The van der Waals surface area contributed by atoms with Crippen LogP contribution < -0.4 is 15.4 Å². The van der Waals surface area contributed by atoms with E-state index in [2.05, 4.69) is 29.8 Å². The Morgan fingerprint density at radius 2 is 1.93 bits per heavy atom. The van der Waals surface area contributed by atoms with Crippen molar-refractivity contribution in [3.63, 3.8) is 0 Å². The molecule has 27 heavy (non-hydrogen) atoms. The monoisotopic (exact) mass is 383 g/mol.